The Morgan fingerprint density at radius 3 is 2.65 bits per heavy atom. The summed E-state index contributed by atoms with van der Waals surface area (Å²) in [6.07, 6.45) is 0. The standard InChI is InChI=1S/C18H18FNO4S2/c1-18(21,17-9-12-5-3-4-6-15(12)25-17)11-20-26(22,23)16-10-13(19)7-8-14(16)24-2/h3-10,20-21H,11H2,1-2H3/t18-/m1/s1. The van der Waals surface area contributed by atoms with Crippen molar-refractivity contribution in [1.29, 1.82) is 0 Å². The lowest BCUT2D eigenvalue weighted by Crippen LogP contribution is -2.38. The number of hydrogen-bond donors (Lipinski definition) is 2. The molecule has 3 aromatic rings. The van der Waals surface area contributed by atoms with Crippen LogP contribution in [0.15, 0.2) is 53.4 Å². The summed E-state index contributed by atoms with van der Waals surface area (Å²) < 4.78 is 46.9. The van der Waals surface area contributed by atoms with Gasteiger partial charge < -0.3 is 9.84 Å². The van der Waals surface area contributed by atoms with Crippen LogP contribution in [0.25, 0.3) is 10.1 Å². The van der Waals surface area contributed by atoms with Crippen molar-refractivity contribution in [2.75, 3.05) is 13.7 Å². The first-order chi connectivity index (χ1) is 12.2. The van der Waals surface area contributed by atoms with Crippen LogP contribution < -0.4 is 9.46 Å². The molecule has 0 saturated carbocycles. The zero-order valence-electron chi connectivity index (χ0n) is 14.2. The van der Waals surface area contributed by atoms with Crippen LogP contribution in [0.1, 0.15) is 11.8 Å². The Morgan fingerprint density at radius 1 is 1.23 bits per heavy atom. The normalized spacial score (nSPS) is 14.3. The van der Waals surface area contributed by atoms with Crippen LogP contribution in [-0.4, -0.2) is 27.2 Å². The predicted octanol–water partition coefficient (Wildman–Crippen LogP) is 3.24. The molecule has 0 spiro atoms. The molecule has 26 heavy (non-hydrogen) atoms. The highest BCUT2D eigenvalue weighted by atomic mass is 32.2. The highest BCUT2D eigenvalue weighted by Crippen LogP contribution is 2.33. The lowest BCUT2D eigenvalue weighted by Gasteiger charge is -2.22. The summed E-state index contributed by atoms with van der Waals surface area (Å²) in [5.41, 5.74) is -1.42. The fraction of sp³-hybridized carbons (Fsp3) is 0.222. The zero-order valence-corrected chi connectivity index (χ0v) is 15.8. The Bertz CT molecular complexity index is 1010. The number of rotatable bonds is 6. The quantitative estimate of drug-likeness (QED) is 0.672. The van der Waals surface area contributed by atoms with E-state index in [0.717, 1.165) is 22.2 Å². The monoisotopic (exact) mass is 395 g/mol. The lowest BCUT2D eigenvalue weighted by atomic mass is 10.1. The average molecular weight is 395 g/mol. The Labute approximate surface area is 155 Å². The van der Waals surface area contributed by atoms with Crippen molar-refractivity contribution in [3.8, 4) is 5.75 Å². The molecule has 0 saturated heterocycles. The number of sulfonamides is 1. The first kappa shape index (κ1) is 18.8. The molecule has 0 aliphatic carbocycles. The van der Waals surface area contributed by atoms with Crippen LogP contribution in [0.4, 0.5) is 4.39 Å². The van der Waals surface area contributed by atoms with Gasteiger partial charge in [0, 0.05) is 16.1 Å². The van der Waals surface area contributed by atoms with Crippen LogP contribution in [0, 0.1) is 5.82 Å². The van der Waals surface area contributed by atoms with Gasteiger partial charge in [-0.25, -0.2) is 17.5 Å². The smallest absolute Gasteiger partial charge is 0.244 e. The average Bonchev–Trinajstić information content (AvgIpc) is 3.05. The minimum Gasteiger partial charge on any atom is -0.495 e. The Kier molecular flexibility index (Phi) is 5.03. The van der Waals surface area contributed by atoms with Gasteiger partial charge in [0.15, 0.2) is 0 Å². The second-order valence-corrected chi connectivity index (χ2v) is 8.86. The van der Waals surface area contributed by atoms with Gasteiger partial charge in [0.25, 0.3) is 0 Å². The van der Waals surface area contributed by atoms with Gasteiger partial charge in [0.1, 0.15) is 22.1 Å². The molecule has 0 amide bonds. The minimum absolute atomic E-state index is 0.0282. The van der Waals surface area contributed by atoms with E-state index in [-0.39, 0.29) is 17.2 Å². The third-order valence-electron chi connectivity index (χ3n) is 3.98. The summed E-state index contributed by atoms with van der Waals surface area (Å²) in [6.45, 7) is 1.27. The van der Waals surface area contributed by atoms with E-state index in [0.29, 0.717) is 4.88 Å². The molecule has 1 aromatic heterocycles. The van der Waals surface area contributed by atoms with Crippen molar-refractivity contribution >= 4 is 31.4 Å². The molecule has 0 fully saturated rings. The van der Waals surface area contributed by atoms with E-state index in [9.17, 15) is 17.9 Å². The molecule has 1 heterocycles. The van der Waals surface area contributed by atoms with Gasteiger partial charge >= 0.3 is 0 Å². The highest BCUT2D eigenvalue weighted by Gasteiger charge is 2.29. The van der Waals surface area contributed by atoms with Crippen molar-refractivity contribution < 1.29 is 22.7 Å². The first-order valence-corrected chi connectivity index (χ1v) is 10.1. The molecular weight excluding hydrogens is 377 g/mol. The number of thiophene rings is 1. The largest absolute Gasteiger partial charge is 0.495 e. The van der Waals surface area contributed by atoms with Crippen molar-refractivity contribution in [2.24, 2.45) is 0 Å². The maximum Gasteiger partial charge on any atom is 0.244 e. The molecule has 5 nitrogen and oxygen atoms in total. The molecule has 0 radical (unpaired) electrons. The molecule has 0 unspecified atom stereocenters. The molecular formula is C18H18FNO4S2. The maximum atomic E-state index is 13.5. The van der Waals surface area contributed by atoms with Gasteiger partial charge in [-0.3, -0.25) is 0 Å². The van der Waals surface area contributed by atoms with Gasteiger partial charge in [-0.15, -0.1) is 11.3 Å². The summed E-state index contributed by atoms with van der Waals surface area (Å²) >= 11 is 1.39. The maximum absolute atomic E-state index is 13.5. The summed E-state index contributed by atoms with van der Waals surface area (Å²) in [7, 11) is -2.76. The Morgan fingerprint density at radius 2 is 1.96 bits per heavy atom. The van der Waals surface area contributed by atoms with Gasteiger partial charge in [-0.2, -0.15) is 0 Å². The van der Waals surface area contributed by atoms with Crippen LogP contribution in [0.2, 0.25) is 0 Å². The van der Waals surface area contributed by atoms with Crippen LogP contribution in [0.5, 0.6) is 5.75 Å². The second kappa shape index (κ2) is 6.96. The molecule has 1 atom stereocenters. The lowest BCUT2D eigenvalue weighted by molar-refractivity contribution is 0.0666. The number of halogens is 1. The van der Waals surface area contributed by atoms with Crippen molar-refractivity contribution in [3.63, 3.8) is 0 Å². The zero-order chi connectivity index (χ0) is 18.9. The number of hydrogen-bond acceptors (Lipinski definition) is 5. The van der Waals surface area contributed by atoms with E-state index < -0.39 is 21.4 Å². The number of benzene rings is 2. The molecule has 3 rings (SSSR count). The third kappa shape index (κ3) is 3.73. The summed E-state index contributed by atoms with van der Waals surface area (Å²) in [6, 6.07) is 12.7. The highest BCUT2D eigenvalue weighted by molar-refractivity contribution is 7.89. The number of fused-ring (bicyclic) bond motifs is 1. The van der Waals surface area contributed by atoms with Crippen molar-refractivity contribution in [2.45, 2.75) is 17.4 Å². The third-order valence-corrected chi connectivity index (χ3v) is 6.77. The van der Waals surface area contributed by atoms with E-state index in [1.807, 2.05) is 30.3 Å². The Hall–Kier alpha value is -2.00. The molecule has 0 aliphatic rings. The summed E-state index contributed by atoms with van der Waals surface area (Å²) in [5, 5.41) is 11.7. The number of nitrogens with one attached hydrogen (secondary N) is 1. The molecule has 138 valence electrons. The van der Waals surface area contributed by atoms with E-state index in [4.69, 9.17) is 4.74 Å². The summed E-state index contributed by atoms with van der Waals surface area (Å²) in [4.78, 5) is 0.319. The van der Waals surface area contributed by atoms with Crippen molar-refractivity contribution in [3.05, 3.63) is 59.2 Å². The molecule has 8 heteroatoms. The molecule has 0 bridgehead atoms. The van der Waals surface area contributed by atoms with Gasteiger partial charge in [-0.05, 0) is 42.6 Å². The van der Waals surface area contributed by atoms with Gasteiger partial charge in [0.2, 0.25) is 10.0 Å². The predicted molar refractivity (Wildman–Crippen MR) is 99.5 cm³/mol. The fourth-order valence-corrected chi connectivity index (χ4v) is 4.93. The van der Waals surface area contributed by atoms with E-state index >= 15 is 0 Å². The number of methoxy groups -OCH3 is 1. The van der Waals surface area contributed by atoms with Crippen LogP contribution >= 0.6 is 11.3 Å². The van der Waals surface area contributed by atoms with Gasteiger partial charge in [0.05, 0.1) is 7.11 Å². The van der Waals surface area contributed by atoms with Crippen LogP contribution in [-0.2, 0) is 15.6 Å². The number of ether oxygens (including phenoxy) is 1. The molecule has 0 aliphatic heterocycles. The van der Waals surface area contributed by atoms with Crippen molar-refractivity contribution in [1.82, 2.24) is 4.72 Å². The van der Waals surface area contributed by atoms with Gasteiger partial charge in [-0.1, -0.05) is 18.2 Å². The van der Waals surface area contributed by atoms with E-state index in [2.05, 4.69) is 4.72 Å². The molecule has 2 aromatic carbocycles. The summed E-state index contributed by atoms with van der Waals surface area (Å²) in [5.74, 6) is -0.664. The SMILES string of the molecule is COc1ccc(F)cc1S(=O)(=O)NC[C@@](C)(O)c1cc2ccccc2s1. The van der Waals surface area contributed by atoms with E-state index in [1.165, 1.54) is 31.4 Å². The first-order valence-electron chi connectivity index (χ1n) is 7.77. The number of aliphatic hydroxyl groups is 1. The minimum atomic E-state index is -4.07. The fourth-order valence-electron chi connectivity index (χ4n) is 2.51. The molecule has 2 N–H and O–H groups in total. The second-order valence-electron chi connectivity index (χ2n) is 6.04. The topological polar surface area (TPSA) is 75.6 Å². The van der Waals surface area contributed by atoms with Crippen LogP contribution in [0.3, 0.4) is 0 Å². The van der Waals surface area contributed by atoms with E-state index in [1.54, 1.807) is 0 Å². The Balaban J connectivity index is 1.85.